The zero-order valence-electron chi connectivity index (χ0n) is 18.8. The second-order valence-electron chi connectivity index (χ2n) is 8.76. The van der Waals surface area contributed by atoms with E-state index in [-0.39, 0.29) is 50.4 Å². The summed E-state index contributed by atoms with van der Waals surface area (Å²) in [5.41, 5.74) is -0.119. The molecule has 0 radical (unpaired) electrons. The summed E-state index contributed by atoms with van der Waals surface area (Å²) in [5.74, 6) is -0.786. The molecule has 182 valence electrons. The normalized spacial score (nSPS) is 18.9. The minimum Gasteiger partial charge on any atom is -0.383 e. The molecular weight excluding hydrogens is 491 g/mol. The summed E-state index contributed by atoms with van der Waals surface area (Å²) in [6, 6.07) is 4.35. The van der Waals surface area contributed by atoms with Crippen LogP contribution in [0.2, 0.25) is 10.0 Å². The van der Waals surface area contributed by atoms with Crippen LogP contribution in [0.4, 0.5) is 0 Å². The zero-order valence-corrected chi connectivity index (χ0v) is 21.1. The zero-order chi connectivity index (χ0) is 24.2. The van der Waals surface area contributed by atoms with Gasteiger partial charge in [-0.15, -0.1) is 0 Å². The first-order valence-corrected chi connectivity index (χ1v) is 12.9. The maximum Gasteiger partial charge on any atom is 0.236 e. The molecule has 2 aromatic rings. The van der Waals surface area contributed by atoms with E-state index in [9.17, 15) is 13.2 Å². The molecule has 1 unspecified atom stereocenters. The summed E-state index contributed by atoms with van der Waals surface area (Å²) < 4.78 is 35.6. The number of nitrogens with one attached hydrogen (secondary N) is 1. The van der Waals surface area contributed by atoms with E-state index in [1.54, 1.807) is 7.11 Å². The van der Waals surface area contributed by atoms with Gasteiger partial charge >= 0.3 is 0 Å². The van der Waals surface area contributed by atoms with Crippen LogP contribution in [0, 0.1) is 5.41 Å². The molecule has 3 rings (SSSR count). The lowest BCUT2D eigenvalue weighted by Gasteiger charge is -2.44. The highest BCUT2D eigenvalue weighted by atomic mass is 35.5. The van der Waals surface area contributed by atoms with E-state index in [1.807, 2.05) is 0 Å². The summed E-state index contributed by atoms with van der Waals surface area (Å²) in [6.07, 6.45) is 0.682. The van der Waals surface area contributed by atoms with Crippen molar-refractivity contribution in [1.82, 2.24) is 20.4 Å². The first-order chi connectivity index (χ1) is 15.5. The summed E-state index contributed by atoms with van der Waals surface area (Å²) >= 11 is 11.9. The molecule has 1 aromatic carbocycles. The number of aromatic nitrogens is 2. The number of amides is 1. The van der Waals surface area contributed by atoms with Gasteiger partial charge in [-0.05, 0) is 24.0 Å². The number of hydrogen-bond donors (Lipinski definition) is 1. The first kappa shape index (κ1) is 25.9. The number of carbonyl (C=O) groups excluding carboxylic acids is 1. The van der Waals surface area contributed by atoms with Crippen LogP contribution >= 0.6 is 23.2 Å². The van der Waals surface area contributed by atoms with Crippen LogP contribution in [-0.4, -0.2) is 68.8 Å². The number of piperidine rings is 1. The predicted octanol–water partition coefficient (Wildman–Crippen LogP) is 2.76. The van der Waals surface area contributed by atoms with Crippen LogP contribution in [0.15, 0.2) is 27.6 Å². The summed E-state index contributed by atoms with van der Waals surface area (Å²) in [7, 11) is -2.16. The number of carbonyl (C=O) groups is 1. The van der Waals surface area contributed by atoms with E-state index in [2.05, 4.69) is 34.2 Å². The Hall–Kier alpha value is -1.72. The van der Waals surface area contributed by atoms with Crippen molar-refractivity contribution in [2.24, 2.45) is 5.41 Å². The van der Waals surface area contributed by atoms with Gasteiger partial charge in [0.05, 0.1) is 21.5 Å². The Labute approximate surface area is 203 Å². The average molecular weight is 519 g/mol. The number of halogens is 2. The van der Waals surface area contributed by atoms with Crippen molar-refractivity contribution < 1.29 is 22.5 Å². The van der Waals surface area contributed by atoms with Crippen LogP contribution in [0.1, 0.15) is 32.0 Å². The molecule has 12 heteroatoms. The van der Waals surface area contributed by atoms with Gasteiger partial charge in [0.15, 0.2) is 15.7 Å². The molecule has 1 aliphatic rings. The lowest BCUT2D eigenvalue weighted by molar-refractivity contribution is -0.123. The first-order valence-electron chi connectivity index (χ1n) is 10.5. The molecule has 1 N–H and O–H groups in total. The fourth-order valence-electron chi connectivity index (χ4n) is 3.92. The van der Waals surface area contributed by atoms with Crippen molar-refractivity contribution in [3.05, 3.63) is 40.0 Å². The molecule has 0 aliphatic carbocycles. The van der Waals surface area contributed by atoms with Crippen LogP contribution in [0.3, 0.4) is 0 Å². The maximum atomic E-state index is 12.7. The molecule has 1 saturated heterocycles. The van der Waals surface area contributed by atoms with Crippen molar-refractivity contribution in [1.29, 1.82) is 0 Å². The van der Waals surface area contributed by atoms with Crippen molar-refractivity contribution in [3.63, 3.8) is 0 Å². The largest absolute Gasteiger partial charge is 0.383 e. The third kappa shape index (κ3) is 6.66. The number of sulfone groups is 1. The van der Waals surface area contributed by atoms with E-state index in [1.165, 1.54) is 18.2 Å². The van der Waals surface area contributed by atoms with Crippen LogP contribution < -0.4 is 5.32 Å². The Morgan fingerprint density at radius 3 is 2.82 bits per heavy atom. The lowest BCUT2D eigenvalue weighted by Crippen LogP contribution is -2.56. The quantitative estimate of drug-likeness (QED) is 0.538. The number of nitrogens with zero attached hydrogens (tertiary/aromatic N) is 3. The summed E-state index contributed by atoms with van der Waals surface area (Å²) in [5, 5.41) is 6.84. The van der Waals surface area contributed by atoms with Gasteiger partial charge in [-0.2, -0.15) is 4.98 Å². The van der Waals surface area contributed by atoms with Crippen molar-refractivity contribution in [2.45, 2.75) is 43.4 Å². The Balaban J connectivity index is 1.58. The molecule has 2 heterocycles. The Morgan fingerprint density at radius 2 is 2.12 bits per heavy atom. The SMILES string of the molecule is COCCN1CCC(NC(=O)Cc2nc(CS(=O)(=O)c3cccc(Cl)c3Cl)no2)C(C)(C)C1. The second-order valence-corrected chi connectivity index (χ2v) is 11.5. The molecule has 0 saturated carbocycles. The Kier molecular flexibility index (Phi) is 8.39. The third-order valence-electron chi connectivity index (χ3n) is 5.65. The van der Waals surface area contributed by atoms with Gasteiger partial charge in [0.2, 0.25) is 11.8 Å². The maximum absolute atomic E-state index is 12.7. The van der Waals surface area contributed by atoms with E-state index < -0.39 is 15.6 Å². The average Bonchev–Trinajstić information content (AvgIpc) is 3.15. The van der Waals surface area contributed by atoms with E-state index in [4.69, 9.17) is 32.5 Å². The van der Waals surface area contributed by atoms with Crippen LogP contribution in [0.5, 0.6) is 0 Å². The summed E-state index contributed by atoms with van der Waals surface area (Å²) in [4.78, 5) is 18.9. The van der Waals surface area contributed by atoms with E-state index in [0.717, 1.165) is 26.1 Å². The standard InChI is InChI=1S/C21H28Cl2N4O5S/c1-21(2)13-27(9-10-31-3)8-7-16(21)24-18(28)11-19-25-17(26-32-19)12-33(29,30)15-6-4-5-14(22)20(15)23/h4-6,16H,7-13H2,1-3H3,(H,24,28). The predicted molar refractivity (Wildman–Crippen MR) is 124 cm³/mol. The van der Waals surface area contributed by atoms with Crippen LogP contribution in [-0.2, 0) is 31.5 Å². The topological polar surface area (TPSA) is 115 Å². The number of ether oxygens (including phenoxy) is 1. The molecule has 1 fully saturated rings. The Morgan fingerprint density at radius 1 is 1.36 bits per heavy atom. The van der Waals surface area contributed by atoms with Crippen LogP contribution in [0.25, 0.3) is 0 Å². The number of likely N-dealkylation sites (tertiary alicyclic amines) is 1. The molecule has 0 bridgehead atoms. The van der Waals surface area contributed by atoms with Gasteiger partial charge < -0.3 is 19.5 Å². The molecule has 1 aliphatic heterocycles. The highest BCUT2D eigenvalue weighted by Gasteiger charge is 2.36. The molecule has 0 spiro atoms. The molecular formula is C21H28Cl2N4O5S. The molecule has 1 amide bonds. The summed E-state index contributed by atoms with van der Waals surface area (Å²) in [6.45, 7) is 7.48. The Bertz CT molecular complexity index is 1090. The second kappa shape index (κ2) is 10.7. The monoisotopic (exact) mass is 518 g/mol. The highest BCUT2D eigenvalue weighted by Crippen LogP contribution is 2.31. The number of benzene rings is 1. The highest BCUT2D eigenvalue weighted by molar-refractivity contribution is 7.90. The van der Waals surface area contributed by atoms with Crippen molar-refractivity contribution in [3.8, 4) is 0 Å². The van der Waals surface area contributed by atoms with E-state index in [0.29, 0.717) is 6.61 Å². The fourth-order valence-corrected chi connectivity index (χ4v) is 5.91. The fraction of sp³-hybridized carbons (Fsp3) is 0.571. The van der Waals surface area contributed by atoms with Gasteiger partial charge in [-0.3, -0.25) is 4.79 Å². The van der Waals surface area contributed by atoms with Gasteiger partial charge in [0.25, 0.3) is 0 Å². The third-order valence-corrected chi connectivity index (χ3v) is 8.23. The van der Waals surface area contributed by atoms with Gasteiger partial charge in [0, 0.05) is 32.8 Å². The minimum atomic E-state index is -3.85. The molecule has 9 nitrogen and oxygen atoms in total. The van der Waals surface area contributed by atoms with Gasteiger partial charge in [-0.25, -0.2) is 8.42 Å². The van der Waals surface area contributed by atoms with Gasteiger partial charge in [0.1, 0.15) is 12.2 Å². The number of hydrogen-bond acceptors (Lipinski definition) is 8. The van der Waals surface area contributed by atoms with Crippen molar-refractivity contribution in [2.75, 3.05) is 33.4 Å². The molecule has 33 heavy (non-hydrogen) atoms. The molecule has 1 atom stereocenters. The minimum absolute atomic E-state index is 0.00321. The number of rotatable bonds is 9. The van der Waals surface area contributed by atoms with E-state index >= 15 is 0 Å². The van der Waals surface area contributed by atoms with Gasteiger partial charge in [-0.1, -0.05) is 48.3 Å². The smallest absolute Gasteiger partial charge is 0.236 e. The lowest BCUT2D eigenvalue weighted by atomic mass is 9.79. The van der Waals surface area contributed by atoms with Crippen molar-refractivity contribution >= 4 is 38.9 Å². The molecule has 1 aromatic heterocycles. The number of methoxy groups -OCH3 is 1.